The predicted molar refractivity (Wildman–Crippen MR) is 122 cm³/mol. The molecule has 0 unspecified atom stereocenters. The molecule has 154 valence electrons. The Hall–Kier alpha value is -3.31. The van der Waals surface area contributed by atoms with Crippen molar-refractivity contribution < 1.29 is 14.3 Å². The SMILES string of the molecule is COc1cc(C=Nc2cc(Cl)ccc2C)ccc1OCC(=O)Nc1cccc(C)c1. The maximum absolute atomic E-state index is 12.2. The van der Waals surface area contributed by atoms with Crippen molar-refractivity contribution in [3.63, 3.8) is 0 Å². The summed E-state index contributed by atoms with van der Waals surface area (Å²) in [6, 6.07) is 18.6. The maximum Gasteiger partial charge on any atom is 0.262 e. The minimum atomic E-state index is -0.246. The molecule has 30 heavy (non-hydrogen) atoms. The highest BCUT2D eigenvalue weighted by atomic mass is 35.5. The number of anilines is 1. The first-order valence-electron chi connectivity index (χ1n) is 9.42. The van der Waals surface area contributed by atoms with E-state index in [0.29, 0.717) is 16.5 Å². The quantitative estimate of drug-likeness (QED) is 0.494. The number of rotatable bonds is 7. The first-order chi connectivity index (χ1) is 14.4. The van der Waals surface area contributed by atoms with Gasteiger partial charge in [0.2, 0.25) is 0 Å². The van der Waals surface area contributed by atoms with Crippen molar-refractivity contribution >= 4 is 35.1 Å². The van der Waals surface area contributed by atoms with Crippen LogP contribution in [0.5, 0.6) is 11.5 Å². The lowest BCUT2D eigenvalue weighted by Gasteiger charge is -2.11. The van der Waals surface area contributed by atoms with Crippen molar-refractivity contribution in [2.24, 2.45) is 4.99 Å². The number of carbonyl (C=O) groups excluding carboxylic acids is 1. The molecule has 1 N–H and O–H groups in total. The second-order valence-electron chi connectivity index (χ2n) is 6.81. The van der Waals surface area contributed by atoms with Crippen molar-refractivity contribution in [3.05, 3.63) is 82.4 Å². The fourth-order valence-corrected chi connectivity index (χ4v) is 2.98. The predicted octanol–water partition coefficient (Wildman–Crippen LogP) is 5.73. The van der Waals surface area contributed by atoms with E-state index in [0.717, 1.165) is 28.1 Å². The second-order valence-corrected chi connectivity index (χ2v) is 7.24. The molecule has 6 heteroatoms. The number of methoxy groups -OCH3 is 1. The maximum atomic E-state index is 12.2. The van der Waals surface area contributed by atoms with Crippen molar-refractivity contribution in [3.8, 4) is 11.5 Å². The Morgan fingerprint density at radius 3 is 2.67 bits per heavy atom. The topological polar surface area (TPSA) is 59.9 Å². The minimum absolute atomic E-state index is 0.126. The number of aliphatic imine (C=N–C) groups is 1. The highest BCUT2D eigenvalue weighted by Crippen LogP contribution is 2.28. The Bertz CT molecular complexity index is 1080. The molecule has 0 heterocycles. The summed E-state index contributed by atoms with van der Waals surface area (Å²) in [5.41, 5.74) is 4.47. The Labute approximate surface area is 181 Å². The number of hydrogen-bond donors (Lipinski definition) is 1. The number of hydrogen-bond acceptors (Lipinski definition) is 4. The number of carbonyl (C=O) groups is 1. The van der Waals surface area contributed by atoms with Crippen LogP contribution in [0.1, 0.15) is 16.7 Å². The van der Waals surface area contributed by atoms with Crippen LogP contribution in [0.4, 0.5) is 11.4 Å². The third-order valence-electron chi connectivity index (χ3n) is 4.37. The van der Waals surface area contributed by atoms with E-state index in [1.165, 1.54) is 0 Å². The van der Waals surface area contributed by atoms with Gasteiger partial charge in [-0.3, -0.25) is 9.79 Å². The molecule has 3 rings (SSSR count). The van der Waals surface area contributed by atoms with Crippen LogP contribution < -0.4 is 14.8 Å². The lowest BCUT2D eigenvalue weighted by Crippen LogP contribution is -2.20. The number of aryl methyl sites for hydroxylation is 2. The first kappa shape index (κ1) is 21.4. The van der Waals surface area contributed by atoms with Gasteiger partial charge in [-0.2, -0.15) is 0 Å². The van der Waals surface area contributed by atoms with Crippen LogP contribution in [-0.2, 0) is 4.79 Å². The molecule has 0 saturated heterocycles. The monoisotopic (exact) mass is 422 g/mol. The van der Waals surface area contributed by atoms with E-state index in [9.17, 15) is 4.79 Å². The summed E-state index contributed by atoms with van der Waals surface area (Å²) >= 11 is 6.04. The molecule has 0 atom stereocenters. The molecule has 0 aliphatic carbocycles. The third kappa shape index (κ3) is 5.84. The Balaban J connectivity index is 1.66. The summed E-state index contributed by atoms with van der Waals surface area (Å²) in [4.78, 5) is 16.7. The number of nitrogens with zero attached hydrogens (tertiary/aromatic N) is 1. The number of nitrogens with one attached hydrogen (secondary N) is 1. The molecular weight excluding hydrogens is 400 g/mol. The highest BCUT2D eigenvalue weighted by Gasteiger charge is 2.09. The molecule has 1 amide bonds. The average Bonchev–Trinajstić information content (AvgIpc) is 2.73. The van der Waals surface area contributed by atoms with Gasteiger partial charge in [0.15, 0.2) is 18.1 Å². The fraction of sp³-hybridized carbons (Fsp3) is 0.167. The zero-order valence-electron chi connectivity index (χ0n) is 17.1. The summed E-state index contributed by atoms with van der Waals surface area (Å²) in [7, 11) is 1.55. The van der Waals surface area contributed by atoms with Crippen LogP contribution in [0.2, 0.25) is 5.02 Å². The van der Waals surface area contributed by atoms with Crippen LogP contribution in [0.3, 0.4) is 0 Å². The van der Waals surface area contributed by atoms with Gasteiger partial charge in [0, 0.05) is 16.9 Å². The summed E-state index contributed by atoms with van der Waals surface area (Å²) in [6.07, 6.45) is 1.73. The molecule has 0 saturated carbocycles. The van der Waals surface area contributed by atoms with Gasteiger partial charge in [-0.15, -0.1) is 0 Å². The lowest BCUT2D eigenvalue weighted by molar-refractivity contribution is -0.118. The molecule has 0 radical (unpaired) electrons. The first-order valence-corrected chi connectivity index (χ1v) is 9.80. The van der Waals surface area contributed by atoms with Crippen LogP contribution in [0, 0.1) is 13.8 Å². The summed E-state index contributed by atoms with van der Waals surface area (Å²) in [5.74, 6) is 0.753. The smallest absolute Gasteiger partial charge is 0.262 e. The highest BCUT2D eigenvalue weighted by molar-refractivity contribution is 6.30. The van der Waals surface area contributed by atoms with Gasteiger partial charge >= 0.3 is 0 Å². The molecule has 0 spiro atoms. The Morgan fingerprint density at radius 2 is 1.90 bits per heavy atom. The molecule has 0 bridgehead atoms. The number of benzene rings is 3. The van der Waals surface area contributed by atoms with Crippen molar-refractivity contribution in [2.45, 2.75) is 13.8 Å². The molecule has 3 aromatic rings. The number of halogens is 1. The number of ether oxygens (including phenoxy) is 2. The molecule has 5 nitrogen and oxygen atoms in total. The van der Waals surface area contributed by atoms with Gasteiger partial charge in [0.05, 0.1) is 12.8 Å². The Kier molecular flexibility index (Phi) is 7.09. The Morgan fingerprint density at radius 1 is 1.07 bits per heavy atom. The van der Waals surface area contributed by atoms with E-state index in [1.54, 1.807) is 25.5 Å². The minimum Gasteiger partial charge on any atom is -0.493 e. The molecular formula is C24H23ClN2O3. The molecule has 0 fully saturated rings. The van der Waals surface area contributed by atoms with Crippen molar-refractivity contribution in [1.29, 1.82) is 0 Å². The van der Waals surface area contributed by atoms with Gasteiger partial charge < -0.3 is 14.8 Å². The molecule has 0 aromatic heterocycles. The van der Waals surface area contributed by atoms with E-state index < -0.39 is 0 Å². The summed E-state index contributed by atoms with van der Waals surface area (Å²) in [6.45, 7) is 3.82. The average molecular weight is 423 g/mol. The van der Waals surface area contributed by atoms with Crippen LogP contribution in [0.15, 0.2) is 65.7 Å². The zero-order chi connectivity index (χ0) is 21.5. The van der Waals surface area contributed by atoms with E-state index in [2.05, 4.69) is 10.3 Å². The van der Waals surface area contributed by atoms with E-state index in [4.69, 9.17) is 21.1 Å². The molecule has 3 aromatic carbocycles. The van der Waals surface area contributed by atoms with Gasteiger partial charge in [0.1, 0.15) is 0 Å². The van der Waals surface area contributed by atoms with Crippen molar-refractivity contribution in [1.82, 2.24) is 0 Å². The van der Waals surface area contributed by atoms with Gasteiger partial charge in [-0.1, -0.05) is 29.8 Å². The van der Waals surface area contributed by atoms with Crippen LogP contribution in [0.25, 0.3) is 0 Å². The van der Waals surface area contributed by atoms with E-state index in [1.807, 2.05) is 62.4 Å². The van der Waals surface area contributed by atoms with Gasteiger partial charge in [-0.25, -0.2) is 0 Å². The standard InChI is InChI=1S/C24H23ClN2O3/c1-16-5-4-6-20(11-16)27-24(28)15-30-22-10-8-18(12-23(22)29-3)14-26-21-13-19(25)9-7-17(21)2/h4-14H,15H2,1-3H3,(H,27,28). The normalized spacial score (nSPS) is 10.8. The lowest BCUT2D eigenvalue weighted by atomic mass is 10.2. The van der Waals surface area contributed by atoms with Gasteiger partial charge in [-0.05, 0) is 73.0 Å². The summed E-state index contributed by atoms with van der Waals surface area (Å²) in [5, 5.41) is 3.45. The molecule has 0 aliphatic heterocycles. The van der Waals surface area contributed by atoms with E-state index in [-0.39, 0.29) is 12.5 Å². The molecule has 0 aliphatic rings. The number of amides is 1. The fourth-order valence-electron chi connectivity index (χ4n) is 2.81. The largest absolute Gasteiger partial charge is 0.493 e. The van der Waals surface area contributed by atoms with Crippen LogP contribution >= 0.6 is 11.6 Å². The van der Waals surface area contributed by atoms with Crippen LogP contribution in [-0.4, -0.2) is 25.8 Å². The zero-order valence-corrected chi connectivity index (χ0v) is 17.9. The second kappa shape index (κ2) is 9.94. The van der Waals surface area contributed by atoms with Crippen molar-refractivity contribution in [2.75, 3.05) is 19.0 Å². The van der Waals surface area contributed by atoms with E-state index >= 15 is 0 Å². The third-order valence-corrected chi connectivity index (χ3v) is 4.61. The van der Waals surface area contributed by atoms with Gasteiger partial charge in [0.25, 0.3) is 5.91 Å². The summed E-state index contributed by atoms with van der Waals surface area (Å²) < 4.78 is 11.1.